The summed E-state index contributed by atoms with van der Waals surface area (Å²) in [4.78, 5) is 24.0. The fourth-order valence-corrected chi connectivity index (χ4v) is 3.86. The van der Waals surface area contributed by atoms with Gasteiger partial charge in [0.1, 0.15) is 11.9 Å². The van der Waals surface area contributed by atoms with E-state index in [-0.39, 0.29) is 23.8 Å². The van der Waals surface area contributed by atoms with Crippen molar-refractivity contribution in [3.8, 4) is 0 Å². The second-order valence-corrected chi connectivity index (χ2v) is 5.93. The zero-order valence-corrected chi connectivity index (χ0v) is 10.9. The van der Waals surface area contributed by atoms with Gasteiger partial charge < -0.3 is 4.74 Å². The molecular formula is C15H18O3. The van der Waals surface area contributed by atoms with Crippen LogP contribution in [0.3, 0.4) is 0 Å². The molecule has 3 rings (SSSR count). The number of fused-ring (bicyclic) bond motifs is 3. The molecule has 0 spiro atoms. The van der Waals surface area contributed by atoms with Crippen LogP contribution in [0.1, 0.15) is 33.1 Å². The Morgan fingerprint density at radius 3 is 2.83 bits per heavy atom. The van der Waals surface area contributed by atoms with Crippen molar-refractivity contribution in [3.63, 3.8) is 0 Å². The Kier molecular flexibility index (Phi) is 2.31. The largest absolute Gasteiger partial charge is 0.457 e. The second kappa shape index (κ2) is 3.56. The van der Waals surface area contributed by atoms with Crippen molar-refractivity contribution < 1.29 is 14.3 Å². The van der Waals surface area contributed by atoms with Crippen LogP contribution in [0.25, 0.3) is 0 Å². The molecule has 0 aromatic heterocycles. The number of hydrogen-bond donors (Lipinski definition) is 0. The quantitative estimate of drug-likeness (QED) is 0.374. The van der Waals surface area contributed by atoms with E-state index in [1.165, 1.54) is 5.57 Å². The van der Waals surface area contributed by atoms with Crippen molar-refractivity contribution in [1.29, 1.82) is 0 Å². The average Bonchev–Trinajstić information content (AvgIpc) is 2.75. The number of Topliss-reactive ketones (excluding diaryl/α,β-unsaturated/α-hetero) is 1. The fourth-order valence-electron chi connectivity index (χ4n) is 3.86. The van der Waals surface area contributed by atoms with Gasteiger partial charge in [-0.1, -0.05) is 25.2 Å². The normalized spacial score (nSPS) is 43.1. The minimum absolute atomic E-state index is 0.0119. The lowest BCUT2D eigenvalue weighted by molar-refractivity contribution is -0.147. The van der Waals surface area contributed by atoms with Crippen LogP contribution in [0, 0.1) is 17.3 Å². The van der Waals surface area contributed by atoms with E-state index in [0.29, 0.717) is 17.9 Å². The number of carbonyl (C=O) groups is 2. The van der Waals surface area contributed by atoms with Crippen LogP contribution in [0.2, 0.25) is 0 Å². The Bertz CT molecular complexity index is 488. The topological polar surface area (TPSA) is 43.4 Å². The van der Waals surface area contributed by atoms with E-state index in [0.717, 1.165) is 12.8 Å². The molecule has 3 heteroatoms. The van der Waals surface area contributed by atoms with Gasteiger partial charge in [-0.05, 0) is 25.7 Å². The van der Waals surface area contributed by atoms with E-state index in [4.69, 9.17) is 4.74 Å². The molecule has 1 aliphatic heterocycles. The lowest BCUT2D eigenvalue weighted by atomic mass is 9.71. The molecule has 0 bridgehead atoms. The molecule has 4 atom stereocenters. The summed E-state index contributed by atoms with van der Waals surface area (Å²) in [6.07, 6.45) is 4.07. The van der Waals surface area contributed by atoms with E-state index in [1.54, 1.807) is 0 Å². The lowest BCUT2D eigenvalue weighted by Gasteiger charge is -2.33. The number of allylic oxidation sites excluding steroid dienone is 1. The molecule has 18 heavy (non-hydrogen) atoms. The molecule has 3 aliphatic rings. The summed E-state index contributed by atoms with van der Waals surface area (Å²) in [6.45, 7) is 7.96. The maximum Gasteiger partial charge on any atom is 0.334 e. The first-order valence-electron chi connectivity index (χ1n) is 6.60. The maximum atomic E-state index is 12.3. The second-order valence-electron chi connectivity index (χ2n) is 5.93. The minimum Gasteiger partial charge on any atom is -0.457 e. The van der Waals surface area contributed by atoms with Gasteiger partial charge in [-0.3, -0.25) is 4.79 Å². The summed E-state index contributed by atoms with van der Waals surface area (Å²) in [5, 5.41) is 0. The highest BCUT2D eigenvalue weighted by molar-refractivity contribution is 5.96. The van der Waals surface area contributed by atoms with Crippen LogP contribution in [0.4, 0.5) is 0 Å². The van der Waals surface area contributed by atoms with Gasteiger partial charge in [0.2, 0.25) is 0 Å². The van der Waals surface area contributed by atoms with Gasteiger partial charge in [0, 0.05) is 17.9 Å². The predicted molar refractivity (Wildman–Crippen MR) is 66.7 cm³/mol. The van der Waals surface area contributed by atoms with Crippen LogP contribution in [0.15, 0.2) is 23.8 Å². The molecule has 96 valence electrons. The molecular weight excluding hydrogens is 228 g/mol. The standard InChI is InChI=1S/C15H18O3/c1-8-4-5-10-9(2)14(17)18-13(10)15(3)11(8)6-7-12(15)16/h6,8,10,13H,2,4-5,7H2,1,3H3/t8?,10-,13?,15?/m0/s1. The highest BCUT2D eigenvalue weighted by atomic mass is 16.6. The molecule has 1 heterocycles. The molecule has 1 saturated heterocycles. The van der Waals surface area contributed by atoms with Gasteiger partial charge in [0.05, 0.1) is 5.41 Å². The first-order chi connectivity index (χ1) is 8.46. The van der Waals surface area contributed by atoms with Gasteiger partial charge in [0.25, 0.3) is 0 Å². The molecule has 1 saturated carbocycles. The van der Waals surface area contributed by atoms with Gasteiger partial charge in [-0.25, -0.2) is 4.79 Å². The Balaban J connectivity index is 2.11. The summed E-state index contributed by atoms with van der Waals surface area (Å²) < 4.78 is 5.49. The molecule has 0 radical (unpaired) electrons. The first kappa shape index (κ1) is 11.7. The van der Waals surface area contributed by atoms with Crippen molar-refractivity contribution in [3.05, 3.63) is 23.8 Å². The molecule has 2 fully saturated rings. The van der Waals surface area contributed by atoms with Crippen molar-refractivity contribution in [1.82, 2.24) is 0 Å². The molecule has 2 aliphatic carbocycles. The summed E-state index contributed by atoms with van der Waals surface area (Å²) in [5.41, 5.74) is 1.10. The van der Waals surface area contributed by atoms with Crippen LogP contribution in [0.5, 0.6) is 0 Å². The van der Waals surface area contributed by atoms with Crippen LogP contribution in [-0.2, 0) is 14.3 Å². The monoisotopic (exact) mass is 246 g/mol. The number of rotatable bonds is 0. The van der Waals surface area contributed by atoms with Crippen molar-refractivity contribution in [2.75, 3.05) is 0 Å². The summed E-state index contributed by atoms with van der Waals surface area (Å²) in [6, 6.07) is 0. The Hall–Kier alpha value is -1.38. The minimum atomic E-state index is -0.615. The smallest absolute Gasteiger partial charge is 0.334 e. The van der Waals surface area contributed by atoms with Gasteiger partial charge in [0.15, 0.2) is 0 Å². The number of hydrogen-bond acceptors (Lipinski definition) is 3. The Morgan fingerprint density at radius 2 is 2.11 bits per heavy atom. The van der Waals surface area contributed by atoms with E-state index >= 15 is 0 Å². The average molecular weight is 246 g/mol. The molecule has 0 N–H and O–H groups in total. The van der Waals surface area contributed by atoms with Gasteiger partial charge in [-0.15, -0.1) is 0 Å². The molecule has 3 unspecified atom stereocenters. The lowest BCUT2D eigenvalue weighted by Crippen LogP contribution is -2.41. The fraction of sp³-hybridized carbons (Fsp3) is 0.600. The number of ether oxygens (including phenoxy) is 1. The van der Waals surface area contributed by atoms with Crippen LogP contribution < -0.4 is 0 Å². The van der Waals surface area contributed by atoms with Crippen LogP contribution in [-0.4, -0.2) is 17.9 Å². The van der Waals surface area contributed by atoms with Crippen molar-refractivity contribution >= 4 is 11.8 Å². The number of carbonyl (C=O) groups excluding carboxylic acids is 2. The SMILES string of the molecule is C=C1C(=O)OC2[C@H]1CCC(C)C1=CCC(=O)C12C. The highest BCUT2D eigenvalue weighted by Crippen LogP contribution is 2.53. The molecule has 3 nitrogen and oxygen atoms in total. The molecule has 0 aromatic carbocycles. The maximum absolute atomic E-state index is 12.3. The Labute approximate surface area is 107 Å². The Morgan fingerprint density at radius 1 is 1.39 bits per heavy atom. The third-order valence-electron chi connectivity index (χ3n) is 5.01. The van der Waals surface area contributed by atoms with E-state index < -0.39 is 5.41 Å². The summed E-state index contributed by atoms with van der Waals surface area (Å²) in [5.74, 6) is 0.264. The van der Waals surface area contributed by atoms with E-state index in [1.807, 2.05) is 13.0 Å². The molecule has 0 amide bonds. The van der Waals surface area contributed by atoms with Gasteiger partial charge >= 0.3 is 5.97 Å². The number of ketones is 1. The van der Waals surface area contributed by atoms with E-state index in [9.17, 15) is 9.59 Å². The van der Waals surface area contributed by atoms with Gasteiger partial charge in [-0.2, -0.15) is 0 Å². The van der Waals surface area contributed by atoms with E-state index in [2.05, 4.69) is 13.5 Å². The van der Waals surface area contributed by atoms with Crippen molar-refractivity contribution in [2.45, 2.75) is 39.2 Å². The predicted octanol–water partition coefficient (Wildman–Crippen LogP) is 2.42. The molecule has 0 aromatic rings. The summed E-state index contributed by atoms with van der Waals surface area (Å²) >= 11 is 0. The van der Waals surface area contributed by atoms with Crippen LogP contribution >= 0.6 is 0 Å². The highest BCUT2D eigenvalue weighted by Gasteiger charge is 2.58. The van der Waals surface area contributed by atoms with Crippen molar-refractivity contribution in [2.24, 2.45) is 17.3 Å². The zero-order valence-electron chi connectivity index (χ0n) is 10.9. The number of esters is 1. The summed E-state index contributed by atoms with van der Waals surface area (Å²) in [7, 11) is 0. The third-order valence-corrected chi connectivity index (χ3v) is 5.01. The third kappa shape index (κ3) is 1.25. The first-order valence-corrected chi connectivity index (χ1v) is 6.60. The zero-order chi connectivity index (χ0) is 13.1.